The van der Waals surface area contributed by atoms with E-state index >= 15 is 0 Å². The van der Waals surface area contributed by atoms with Crippen molar-refractivity contribution in [3.8, 4) is 5.75 Å². The summed E-state index contributed by atoms with van der Waals surface area (Å²) in [5.41, 5.74) is 2.27. The minimum atomic E-state index is -0.555. The molecule has 0 saturated heterocycles. The fraction of sp³-hybridized carbons (Fsp3) is 0.227. The third-order valence-electron chi connectivity index (χ3n) is 4.35. The Hall–Kier alpha value is -2.81. The lowest BCUT2D eigenvalue weighted by Gasteiger charge is -2.20. The van der Waals surface area contributed by atoms with Crippen molar-refractivity contribution in [3.63, 3.8) is 0 Å². The molecular weight excluding hydrogens is 310 g/mol. The molecule has 0 aliphatic heterocycles. The van der Waals surface area contributed by atoms with E-state index in [1.165, 1.54) is 5.39 Å². The number of nitrogens with one attached hydrogen (secondary N) is 1. The summed E-state index contributed by atoms with van der Waals surface area (Å²) < 4.78 is 5.74. The van der Waals surface area contributed by atoms with Gasteiger partial charge in [0.2, 0.25) is 0 Å². The van der Waals surface area contributed by atoms with Gasteiger partial charge in [0.1, 0.15) is 5.75 Å². The molecule has 0 fully saturated rings. The van der Waals surface area contributed by atoms with Crippen LogP contribution < -0.4 is 10.1 Å². The van der Waals surface area contributed by atoms with Crippen molar-refractivity contribution in [1.82, 2.24) is 5.32 Å². The molecular formula is C22H23NO2. The van der Waals surface area contributed by atoms with Crippen LogP contribution >= 0.6 is 0 Å². The summed E-state index contributed by atoms with van der Waals surface area (Å²) in [5, 5.41) is 5.38. The molecule has 0 heterocycles. The summed E-state index contributed by atoms with van der Waals surface area (Å²) in [4.78, 5) is 12.5. The van der Waals surface area contributed by atoms with Crippen LogP contribution in [0.3, 0.4) is 0 Å². The second-order valence-corrected chi connectivity index (χ2v) is 6.37. The minimum absolute atomic E-state index is 0.0948. The fourth-order valence-electron chi connectivity index (χ4n) is 2.91. The number of aryl methyl sites for hydroxylation is 1. The Bertz CT molecular complexity index is 865. The predicted molar refractivity (Wildman–Crippen MR) is 102 cm³/mol. The molecule has 2 unspecified atom stereocenters. The molecule has 0 radical (unpaired) electrons. The maximum atomic E-state index is 12.5. The van der Waals surface area contributed by atoms with E-state index < -0.39 is 6.10 Å². The standard InChI is InChI=1S/C22H23NO2/c1-15-11-13-19(14-12-15)25-17(3)22(24)23-16(2)20-10-6-8-18-7-4-5-9-21(18)20/h4-14,16-17H,1-3H3,(H,23,24). The number of hydrogen-bond acceptors (Lipinski definition) is 2. The van der Waals surface area contributed by atoms with Gasteiger partial charge in [-0.1, -0.05) is 60.2 Å². The highest BCUT2D eigenvalue weighted by molar-refractivity contribution is 5.87. The number of rotatable bonds is 5. The number of ether oxygens (including phenoxy) is 1. The van der Waals surface area contributed by atoms with Gasteiger partial charge < -0.3 is 10.1 Å². The molecule has 0 saturated carbocycles. The van der Waals surface area contributed by atoms with Gasteiger partial charge >= 0.3 is 0 Å². The van der Waals surface area contributed by atoms with E-state index in [0.717, 1.165) is 16.5 Å². The number of carbonyl (C=O) groups excluding carboxylic acids is 1. The average molecular weight is 333 g/mol. The Kier molecular flexibility index (Phi) is 5.03. The van der Waals surface area contributed by atoms with Gasteiger partial charge in [-0.15, -0.1) is 0 Å². The normalized spacial score (nSPS) is 13.2. The maximum Gasteiger partial charge on any atom is 0.261 e. The molecule has 3 rings (SSSR count). The van der Waals surface area contributed by atoms with Gasteiger partial charge in [0, 0.05) is 0 Å². The third-order valence-corrected chi connectivity index (χ3v) is 4.35. The zero-order valence-corrected chi connectivity index (χ0v) is 14.8. The third kappa shape index (κ3) is 4.00. The van der Waals surface area contributed by atoms with E-state index in [9.17, 15) is 4.79 Å². The van der Waals surface area contributed by atoms with Gasteiger partial charge in [-0.25, -0.2) is 0 Å². The molecule has 0 spiro atoms. The maximum absolute atomic E-state index is 12.5. The molecule has 0 aromatic heterocycles. The molecule has 25 heavy (non-hydrogen) atoms. The lowest BCUT2D eigenvalue weighted by atomic mass is 9.99. The first-order valence-electron chi connectivity index (χ1n) is 8.56. The van der Waals surface area contributed by atoms with Crippen LogP contribution in [0.2, 0.25) is 0 Å². The summed E-state index contributed by atoms with van der Waals surface area (Å²) in [7, 11) is 0. The molecule has 3 aromatic rings. The summed E-state index contributed by atoms with van der Waals surface area (Å²) in [5.74, 6) is 0.576. The van der Waals surface area contributed by atoms with Crippen LogP contribution in [0.15, 0.2) is 66.7 Å². The van der Waals surface area contributed by atoms with E-state index in [4.69, 9.17) is 4.74 Å². The van der Waals surface area contributed by atoms with Gasteiger partial charge in [-0.05, 0) is 49.2 Å². The summed E-state index contributed by atoms with van der Waals surface area (Å²) in [6.45, 7) is 5.79. The monoisotopic (exact) mass is 333 g/mol. The van der Waals surface area contributed by atoms with Crippen molar-refractivity contribution in [2.75, 3.05) is 0 Å². The first-order chi connectivity index (χ1) is 12.0. The van der Waals surface area contributed by atoms with E-state index in [1.54, 1.807) is 6.92 Å². The van der Waals surface area contributed by atoms with Gasteiger partial charge in [-0.2, -0.15) is 0 Å². The molecule has 0 aliphatic carbocycles. The van der Waals surface area contributed by atoms with Crippen LogP contribution in [0.5, 0.6) is 5.75 Å². The zero-order chi connectivity index (χ0) is 17.8. The van der Waals surface area contributed by atoms with E-state index in [0.29, 0.717) is 5.75 Å². The number of benzene rings is 3. The van der Waals surface area contributed by atoms with Crippen molar-refractivity contribution < 1.29 is 9.53 Å². The topological polar surface area (TPSA) is 38.3 Å². The fourth-order valence-corrected chi connectivity index (χ4v) is 2.91. The first-order valence-corrected chi connectivity index (χ1v) is 8.56. The van der Waals surface area contributed by atoms with E-state index in [-0.39, 0.29) is 11.9 Å². The quantitative estimate of drug-likeness (QED) is 0.729. The van der Waals surface area contributed by atoms with Crippen LogP contribution in [-0.2, 0) is 4.79 Å². The number of fused-ring (bicyclic) bond motifs is 1. The SMILES string of the molecule is Cc1ccc(OC(C)C(=O)NC(C)c2cccc3ccccc23)cc1. The molecule has 0 bridgehead atoms. The lowest BCUT2D eigenvalue weighted by molar-refractivity contribution is -0.127. The largest absolute Gasteiger partial charge is 0.481 e. The molecule has 3 nitrogen and oxygen atoms in total. The van der Waals surface area contributed by atoms with E-state index in [1.807, 2.05) is 56.3 Å². The van der Waals surface area contributed by atoms with Crippen molar-refractivity contribution in [2.24, 2.45) is 0 Å². The molecule has 3 aromatic carbocycles. The number of carbonyl (C=O) groups is 1. The van der Waals surface area contributed by atoms with Gasteiger partial charge in [-0.3, -0.25) is 4.79 Å². The number of amides is 1. The van der Waals surface area contributed by atoms with Crippen LogP contribution in [0, 0.1) is 6.92 Å². The Morgan fingerprint density at radius 2 is 1.60 bits per heavy atom. The van der Waals surface area contributed by atoms with Crippen molar-refractivity contribution >= 4 is 16.7 Å². The summed E-state index contributed by atoms with van der Waals surface area (Å²) in [6, 6.07) is 22.0. The van der Waals surface area contributed by atoms with E-state index in [2.05, 4.69) is 29.6 Å². The molecule has 2 atom stereocenters. The minimum Gasteiger partial charge on any atom is -0.481 e. The molecule has 0 aliphatic rings. The molecule has 3 heteroatoms. The molecule has 128 valence electrons. The second kappa shape index (κ2) is 7.39. The van der Waals surface area contributed by atoms with Crippen molar-refractivity contribution in [2.45, 2.75) is 32.9 Å². The number of hydrogen-bond donors (Lipinski definition) is 1. The van der Waals surface area contributed by atoms with Crippen molar-refractivity contribution in [1.29, 1.82) is 0 Å². The highest BCUT2D eigenvalue weighted by atomic mass is 16.5. The summed E-state index contributed by atoms with van der Waals surface area (Å²) in [6.07, 6.45) is -0.555. The Balaban J connectivity index is 1.70. The van der Waals surface area contributed by atoms with Crippen molar-refractivity contribution in [3.05, 3.63) is 77.9 Å². The Morgan fingerprint density at radius 3 is 2.36 bits per heavy atom. The highest BCUT2D eigenvalue weighted by Gasteiger charge is 2.18. The Morgan fingerprint density at radius 1 is 0.920 bits per heavy atom. The smallest absolute Gasteiger partial charge is 0.261 e. The molecule has 1 amide bonds. The predicted octanol–water partition coefficient (Wildman–Crippen LogP) is 4.79. The van der Waals surface area contributed by atoms with Crippen LogP contribution in [0.1, 0.15) is 31.0 Å². The average Bonchev–Trinajstić information content (AvgIpc) is 2.63. The van der Waals surface area contributed by atoms with Crippen LogP contribution in [0.25, 0.3) is 10.8 Å². The zero-order valence-electron chi connectivity index (χ0n) is 14.8. The van der Waals surface area contributed by atoms with Crippen LogP contribution in [-0.4, -0.2) is 12.0 Å². The Labute approximate surface area is 148 Å². The lowest BCUT2D eigenvalue weighted by Crippen LogP contribution is -2.37. The molecule has 1 N–H and O–H groups in total. The van der Waals surface area contributed by atoms with Gasteiger partial charge in [0.05, 0.1) is 6.04 Å². The van der Waals surface area contributed by atoms with Gasteiger partial charge in [0.15, 0.2) is 6.10 Å². The first kappa shape index (κ1) is 17.0. The van der Waals surface area contributed by atoms with Crippen LogP contribution in [0.4, 0.5) is 0 Å². The second-order valence-electron chi connectivity index (χ2n) is 6.37. The van der Waals surface area contributed by atoms with Gasteiger partial charge in [0.25, 0.3) is 5.91 Å². The highest BCUT2D eigenvalue weighted by Crippen LogP contribution is 2.24. The summed E-state index contributed by atoms with van der Waals surface area (Å²) >= 11 is 0.